The van der Waals surface area contributed by atoms with Gasteiger partial charge in [0, 0.05) is 17.7 Å². The Labute approximate surface area is 116 Å². The van der Waals surface area contributed by atoms with E-state index in [1.807, 2.05) is 0 Å². The van der Waals surface area contributed by atoms with Crippen molar-refractivity contribution in [3.05, 3.63) is 41.5 Å². The van der Waals surface area contributed by atoms with Crippen molar-refractivity contribution in [3.63, 3.8) is 0 Å². The molecular formula is C15H16O5. The van der Waals surface area contributed by atoms with E-state index in [1.165, 1.54) is 25.3 Å². The van der Waals surface area contributed by atoms with E-state index in [1.54, 1.807) is 12.1 Å². The molecule has 0 bridgehead atoms. The summed E-state index contributed by atoms with van der Waals surface area (Å²) in [7, 11) is 1.47. The van der Waals surface area contributed by atoms with Crippen LogP contribution in [-0.2, 0) is 12.8 Å². The van der Waals surface area contributed by atoms with Crippen LogP contribution in [0.3, 0.4) is 0 Å². The molecule has 2 rings (SSSR count). The minimum absolute atomic E-state index is 0.0616. The molecule has 5 heteroatoms. The standard InChI is InChI=1S/C15H16O5/c1-20-15-6-9(3-5-12(15)17)2-4-11-13(18)7-10(16)8-14(11)19/h3,5-8,16-19H,2,4H2,1H3. The van der Waals surface area contributed by atoms with Gasteiger partial charge in [-0.15, -0.1) is 0 Å². The Morgan fingerprint density at radius 2 is 1.50 bits per heavy atom. The molecule has 0 spiro atoms. The summed E-state index contributed by atoms with van der Waals surface area (Å²) in [6.45, 7) is 0. The molecule has 106 valence electrons. The van der Waals surface area contributed by atoms with Crippen molar-refractivity contribution in [2.75, 3.05) is 7.11 Å². The molecule has 0 saturated heterocycles. The van der Waals surface area contributed by atoms with E-state index in [4.69, 9.17) is 4.74 Å². The maximum atomic E-state index is 9.71. The zero-order valence-electron chi connectivity index (χ0n) is 11.0. The number of aryl methyl sites for hydroxylation is 1. The topological polar surface area (TPSA) is 90.2 Å². The van der Waals surface area contributed by atoms with E-state index in [2.05, 4.69) is 0 Å². The molecular weight excluding hydrogens is 260 g/mol. The highest BCUT2D eigenvalue weighted by atomic mass is 16.5. The molecule has 4 N–H and O–H groups in total. The van der Waals surface area contributed by atoms with Crippen LogP contribution >= 0.6 is 0 Å². The van der Waals surface area contributed by atoms with Gasteiger partial charge in [-0.1, -0.05) is 6.07 Å². The third-order valence-corrected chi connectivity index (χ3v) is 3.10. The molecule has 0 fully saturated rings. The van der Waals surface area contributed by atoms with Gasteiger partial charge in [-0.25, -0.2) is 0 Å². The molecule has 2 aromatic carbocycles. The van der Waals surface area contributed by atoms with Gasteiger partial charge in [0.25, 0.3) is 0 Å². The average Bonchev–Trinajstić information content (AvgIpc) is 2.39. The number of phenolic OH excluding ortho intramolecular Hbond substituents is 4. The number of methoxy groups -OCH3 is 1. The van der Waals surface area contributed by atoms with Crippen LogP contribution in [0.4, 0.5) is 0 Å². The van der Waals surface area contributed by atoms with Crippen LogP contribution in [0.15, 0.2) is 30.3 Å². The van der Waals surface area contributed by atoms with Crippen LogP contribution in [0.5, 0.6) is 28.7 Å². The third-order valence-electron chi connectivity index (χ3n) is 3.10. The highest BCUT2D eigenvalue weighted by Gasteiger charge is 2.10. The molecule has 0 saturated carbocycles. The molecule has 0 aliphatic heterocycles. The van der Waals surface area contributed by atoms with E-state index in [0.29, 0.717) is 24.2 Å². The van der Waals surface area contributed by atoms with E-state index >= 15 is 0 Å². The van der Waals surface area contributed by atoms with Crippen LogP contribution < -0.4 is 4.74 Å². The second-order valence-electron chi connectivity index (χ2n) is 4.47. The number of phenols is 4. The van der Waals surface area contributed by atoms with E-state index in [-0.39, 0.29) is 23.0 Å². The van der Waals surface area contributed by atoms with Gasteiger partial charge >= 0.3 is 0 Å². The van der Waals surface area contributed by atoms with Gasteiger partial charge < -0.3 is 25.2 Å². The molecule has 0 radical (unpaired) electrons. The van der Waals surface area contributed by atoms with Gasteiger partial charge in [-0.3, -0.25) is 0 Å². The number of ether oxygens (including phenoxy) is 1. The monoisotopic (exact) mass is 276 g/mol. The van der Waals surface area contributed by atoms with E-state index < -0.39 is 0 Å². The van der Waals surface area contributed by atoms with Gasteiger partial charge in [-0.05, 0) is 30.5 Å². The molecule has 0 aliphatic rings. The number of benzene rings is 2. The largest absolute Gasteiger partial charge is 0.508 e. The maximum absolute atomic E-state index is 9.71. The Morgan fingerprint density at radius 3 is 2.10 bits per heavy atom. The normalized spacial score (nSPS) is 10.4. The summed E-state index contributed by atoms with van der Waals surface area (Å²) < 4.78 is 5.02. The van der Waals surface area contributed by atoms with Crippen LogP contribution in [-0.4, -0.2) is 27.5 Å². The van der Waals surface area contributed by atoms with Crippen LogP contribution in [0, 0.1) is 0 Å². The third kappa shape index (κ3) is 2.88. The average molecular weight is 276 g/mol. The first kappa shape index (κ1) is 13.9. The molecule has 2 aromatic rings. The van der Waals surface area contributed by atoms with Crippen LogP contribution in [0.1, 0.15) is 11.1 Å². The highest BCUT2D eigenvalue weighted by Crippen LogP contribution is 2.33. The minimum atomic E-state index is -0.185. The van der Waals surface area contributed by atoms with Crippen molar-refractivity contribution in [3.8, 4) is 28.7 Å². The predicted octanol–water partition coefficient (Wildman–Crippen LogP) is 2.30. The minimum Gasteiger partial charge on any atom is -0.508 e. The molecule has 0 atom stereocenters. The molecule has 0 unspecified atom stereocenters. The Balaban J connectivity index is 2.17. The van der Waals surface area contributed by atoms with Gasteiger partial charge in [0.05, 0.1) is 7.11 Å². The first-order chi connectivity index (χ1) is 9.51. The van der Waals surface area contributed by atoms with E-state index in [9.17, 15) is 20.4 Å². The lowest BCUT2D eigenvalue weighted by Crippen LogP contribution is -1.94. The molecule has 0 heterocycles. The van der Waals surface area contributed by atoms with Crippen molar-refractivity contribution in [1.82, 2.24) is 0 Å². The summed E-state index contributed by atoms with van der Waals surface area (Å²) in [6, 6.07) is 7.35. The molecule has 5 nitrogen and oxygen atoms in total. The van der Waals surface area contributed by atoms with Crippen molar-refractivity contribution in [1.29, 1.82) is 0 Å². The summed E-state index contributed by atoms with van der Waals surface area (Å²) in [5.41, 5.74) is 1.27. The van der Waals surface area contributed by atoms with Crippen LogP contribution in [0.25, 0.3) is 0 Å². The SMILES string of the molecule is COc1cc(CCc2c(O)cc(O)cc2O)ccc1O. The number of hydrogen-bond donors (Lipinski definition) is 4. The van der Waals surface area contributed by atoms with Gasteiger partial charge in [0.15, 0.2) is 11.5 Å². The van der Waals surface area contributed by atoms with Gasteiger partial charge in [-0.2, -0.15) is 0 Å². The lowest BCUT2D eigenvalue weighted by Gasteiger charge is -2.09. The summed E-state index contributed by atoms with van der Waals surface area (Å²) in [5.74, 6) is -0.0373. The fraction of sp³-hybridized carbons (Fsp3) is 0.200. The van der Waals surface area contributed by atoms with Crippen molar-refractivity contribution >= 4 is 0 Å². The second kappa shape index (κ2) is 5.61. The first-order valence-electron chi connectivity index (χ1n) is 6.11. The lowest BCUT2D eigenvalue weighted by atomic mass is 10.0. The van der Waals surface area contributed by atoms with Gasteiger partial charge in [0.1, 0.15) is 17.2 Å². The Hall–Kier alpha value is -2.56. The number of rotatable bonds is 4. The second-order valence-corrected chi connectivity index (χ2v) is 4.47. The fourth-order valence-electron chi connectivity index (χ4n) is 2.03. The smallest absolute Gasteiger partial charge is 0.160 e. The quantitative estimate of drug-likeness (QED) is 0.688. The molecule has 0 aliphatic carbocycles. The highest BCUT2D eigenvalue weighted by molar-refractivity contribution is 5.49. The zero-order valence-corrected chi connectivity index (χ0v) is 11.0. The number of aromatic hydroxyl groups is 4. The zero-order chi connectivity index (χ0) is 14.7. The van der Waals surface area contributed by atoms with Crippen molar-refractivity contribution in [2.24, 2.45) is 0 Å². The molecule has 0 aromatic heterocycles. The van der Waals surface area contributed by atoms with Crippen LogP contribution in [0.2, 0.25) is 0 Å². The number of hydrogen-bond acceptors (Lipinski definition) is 5. The molecule has 20 heavy (non-hydrogen) atoms. The Morgan fingerprint density at radius 1 is 0.850 bits per heavy atom. The first-order valence-corrected chi connectivity index (χ1v) is 6.11. The maximum Gasteiger partial charge on any atom is 0.160 e. The summed E-state index contributed by atoms with van der Waals surface area (Å²) >= 11 is 0. The summed E-state index contributed by atoms with van der Waals surface area (Å²) in [6.07, 6.45) is 0.939. The summed E-state index contributed by atoms with van der Waals surface area (Å²) in [4.78, 5) is 0. The molecule has 0 amide bonds. The van der Waals surface area contributed by atoms with Gasteiger partial charge in [0.2, 0.25) is 0 Å². The Bertz CT molecular complexity index is 599. The summed E-state index contributed by atoms with van der Waals surface area (Å²) in [5, 5.41) is 38.2. The lowest BCUT2D eigenvalue weighted by molar-refractivity contribution is 0.373. The van der Waals surface area contributed by atoms with Crippen molar-refractivity contribution < 1.29 is 25.2 Å². The van der Waals surface area contributed by atoms with E-state index in [0.717, 1.165) is 5.56 Å². The van der Waals surface area contributed by atoms with Crippen molar-refractivity contribution in [2.45, 2.75) is 12.8 Å². The fourth-order valence-corrected chi connectivity index (χ4v) is 2.03. The Kier molecular flexibility index (Phi) is 3.89. The predicted molar refractivity (Wildman–Crippen MR) is 73.5 cm³/mol.